The number of hydrogen-bond acceptors (Lipinski definition) is 2. The molecule has 1 rings (SSSR count). The topological polar surface area (TPSA) is 55.1 Å². The minimum absolute atomic E-state index is 0.111. The molecule has 1 aliphatic rings. The molecule has 0 aromatic carbocycles. The molecule has 0 bridgehead atoms. The Hall–Kier alpha value is -0.830. The maximum absolute atomic E-state index is 12.0. The fourth-order valence-electron chi connectivity index (χ4n) is 2.07. The molecule has 0 saturated carbocycles. The van der Waals surface area contributed by atoms with Crippen LogP contribution in [0.1, 0.15) is 52.9 Å². The van der Waals surface area contributed by atoms with Gasteiger partial charge < -0.3 is 11.1 Å². The summed E-state index contributed by atoms with van der Waals surface area (Å²) in [4.78, 5) is 12.0. The van der Waals surface area contributed by atoms with E-state index in [1.54, 1.807) is 0 Å². The minimum Gasteiger partial charge on any atom is -0.349 e. The van der Waals surface area contributed by atoms with Gasteiger partial charge in [-0.2, -0.15) is 0 Å². The monoisotopic (exact) mass is 238 g/mol. The van der Waals surface area contributed by atoms with Gasteiger partial charge in [-0.3, -0.25) is 4.79 Å². The lowest BCUT2D eigenvalue weighted by Crippen LogP contribution is -2.55. The molecule has 0 aromatic heterocycles. The fourth-order valence-corrected chi connectivity index (χ4v) is 2.07. The van der Waals surface area contributed by atoms with Crippen molar-refractivity contribution in [2.75, 3.05) is 6.54 Å². The van der Waals surface area contributed by atoms with E-state index in [1.807, 2.05) is 6.92 Å². The first-order chi connectivity index (χ1) is 7.98. The average molecular weight is 238 g/mol. The van der Waals surface area contributed by atoms with Gasteiger partial charge >= 0.3 is 0 Å². The molecule has 1 unspecified atom stereocenters. The molecule has 3 nitrogen and oxygen atoms in total. The highest BCUT2D eigenvalue weighted by molar-refractivity contribution is 5.79. The summed E-state index contributed by atoms with van der Waals surface area (Å²) in [5, 5.41) is 3.09. The van der Waals surface area contributed by atoms with Gasteiger partial charge in [0.05, 0.1) is 5.54 Å². The Morgan fingerprint density at radius 2 is 2.24 bits per heavy atom. The van der Waals surface area contributed by atoms with Crippen molar-refractivity contribution in [3.05, 3.63) is 11.6 Å². The van der Waals surface area contributed by atoms with Crippen molar-refractivity contribution in [1.29, 1.82) is 0 Å². The summed E-state index contributed by atoms with van der Waals surface area (Å²) in [7, 11) is 0. The molecule has 98 valence electrons. The molecule has 0 fully saturated rings. The molecule has 0 aromatic rings. The van der Waals surface area contributed by atoms with E-state index in [0.29, 0.717) is 18.9 Å². The quantitative estimate of drug-likeness (QED) is 0.722. The lowest BCUT2D eigenvalue weighted by atomic mass is 9.88. The highest BCUT2D eigenvalue weighted by atomic mass is 16.1. The molecular formula is C14H26N2O. The van der Waals surface area contributed by atoms with E-state index in [1.165, 1.54) is 18.4 Å². The zero-order valence-electron chi connectivity index (χ0n) is 11.4. The number of allylic oxidation sites excluding steroid dienone is 1. The highest BCUT2D eigenvalue weighted by Gasteiger charge is 2.28. The lowest BCUT2D eigenvalue weighted by molar-refractivity contribution is -0.122. The van der Waals surface area contributed by atoms with Gasteiger partial charge in [-0.15, -0.1) is 0 Å². The van der Waals surface area contributed by atoms with Gasteiger partial charge in [-0.25, -0.2) is 0 Å². The molecule has 3 heteroatoms. The average Bonchev–Trinajstić information content (AvgIpc) is 2.29. The molecule has 17 heavy (non-hydrogen) atoms. The fraction of sp³-hybridized carbons (Fsp3) is 0.786. The van der Waals surface area contributed by atoms with E-state index >= 15 is 0 Å². The van der Waals surface area contributed by atoms with Crippen LogP contribution in [0.15, 0.2) is 11.6 Å². The minimum atomic E-state index is -0.285. The van der Waals surface area contributed by atoms with E-state index in [9.17, 15) is 4.79 Å². The molecular weight excluding hydrogens is 212 g/mol. The van der Waals surface area contributed by atoms with E-state index in [-0.39, 0.29) is 11.4 Å². The second-order valence-electron chi connectivity index (χ2n) is 5.61. The van der Waals surface area contributed by atoms with Gasteiger partial charge in [0.15, 0.2) is 0 Å². The van der Waals surface area contributed by atoms with Crippen molar-refractivity contribution in [2.45, 2.75) is 58.4 Å². The maximum Gasteiger partial charge on any atom is 0.224 e. The second kappa shape index (κ2) is 6.20. The summed E-state index contributed by atoms with van der Waals surface area (Å²) >= 11 is 0. The Morgan fingerprint density at radius 1 is 1.53 bits per heavy atom. The molecule has 0 spiro atoms. The van der Waals surface area contributed by atoms with E-state index in [0.717, 1.165) is 12.8 Å². The first-order valence-electron chi connectivity index (χ1n) is 6.67. The molecule has 0 saturated heterocycles. The molecule has 0 heterocycles. The number of hydrogen-bond donors (Lipinski definition) is 2. The van der Waals surface area contributed by atoms with Crippen molar-refractivity contribution < 1.29 is 4.79 Å². The first-order valence-corrected chi connectivity index (χ1v) is 6.67. The van der Waals surface area contributed by atoms with Crippen LogP contribution in [0, 0.1) is 5.92 Å². The van der Waals surface area contributed by atoms with Crippen molar-refractivity contribution in [3.63, 3.8) is 0 Å². The first kappa shape index (κ1) is 14.2. The Bertz CT molecular complexity index is 297. The third-order valence-electron chi connectivity index (χ3n) is 3.90. The lowest BCUT2D eigenvalue weighted by Gasteiger charge is -2.33. The third-order valence-corrected chi connectivity index (χ3v) is 3.90. The number of nitrogens with two attached hydrogens (primary N) is 1. The summed E-state index contributed by atoms with van der Waals surface area (Å²) in [6.45, 7) is 6.68. The van der Waals surface area contributed by atoms with Crippen LogP contribution in [0.25, 0.3) is 0 Å². The van der Waals surface area contributed by atoms with Crippen molar-refractivity contribution in [2.24, 2.45) is 11.7 Å². The molecule has 1 amide bonds. The normalized spacial score (nSPS) is 19.7. The van der Waals surface area contributed by atoms with Crippen LogP contribution < -0.4 is 11.1 Å². The summed E-state index contributed by atoms with van der Waals surface area (Å²) in [5.41, 5.74) is 6.76. The predicted octanol–water partition coefficient (Wildman–Crippen LogP) is 2.37. The van der Waals surface area contributed by atoms with Crippen molar-refractivity contribution >= 4 is 5.91 Å². The highest BCUT2D eigenvalue weighted by Crippen LogP contribution is 2.21. The van der Waals surface area contributed by atoms with Crippen LogP contribution in [0.2, 0.25) is 0 Å². The van der Waals surface area contributed by atoms with Crippen LogP contribution in [0.5, 0.6) is 0 Å². The smallest absolute Gasteiger partial charge is 0.224 e. The van der Waals surface area contributed by atoms with Gasteiger partial charge in [-0.1, -0.05) is 25.5 Å². The summed E-state index contributed by atoms with van der Waals surface area (Å²) < 4.78 is 0. The molecule has 1 aliphatic carbocycles. The summed E-state index contributed by atoms with van der Waals surface area (Å²) in [6, 6.07) is 0. The Morgan fingerprint density at radius 3 is 2.71 bits per heavy atom. The number of amides is 1. The van der Waals surface area contributed by atoms with Gasteiger partial charge in [0.2, 0.25) is 5.91 Å². The van der Waals surface area contributed by atoms with E-state index in [2.05, 4.69) is 25.2 Å². The van der Waals surface area contributed by atoms with Gasteiger partial charge in [0.25, 0.3) is 0 Å². The summed E-state index contributed by atoms with van der Waals surface area (Å²) in [6.07, 6.45) is 7.45. The van der Waals surface area contributed by atoms with Gasteiger partial charge in [0.1, 0.15) is 0 Å². The van der Waals surface area contributed by atoms with Crippen LogP contribution in [0.3, 0.4) is 0 Å². The van der Waals surface area contributed by atoms with Crippen LogP contribution >= 0.6 is 0 Å². The number of carbonyl (C=O) groups is 1. The molecule has 1 atom stereocenters. The zero-order chi connectivity index (χ0) is 12.9. The molecule has 0 radical (unpaired) electrons. The van der Waals surface area contributed by atoms with Crippen molar-refractivity contribution in [1.82, 2.24) is 5.32 Å². The number of carbonyl (C=O) groups excluding carboxylic acids is 1. The van der Waals surface area contributed by atoms with E-state index in [4.69, 9.17) is 5.73 Å². The maximum atomic E-state index is 12.0. The Labute approximate surface area is 105 Å². The second-order valence-corrected chi connectivity index (χ2v) is 5.61. The number of rotatable bonds is 5. The van der Waals surface area contributed by atoms with Crippen LogP contribution in [-0.2, 0) is 4.79 Å². The van der Waals surface area contributed by atoms with Crippen LogP contribution in [0.4, 0.5) is 0 Å². The third kappa shape index (κ3) is 4.15. The van der Waals surface area contributed by atoms with Gasteiger partial charge in [-0.05, 0) is 38.5 Å². The molecule has 3 N–H and O–H groups in total. The molecule has 0 aliphatic heterocycles. The van der Waals surface area contributed by atoms with Crippen molar-refractivity contribution in [3.8, 4) is 0 Å². The standard InChI is InChI=1S/C14H26N2O/c1-11(2)14(3,10-15)16-13(17)9-12-7-5-4-6-8-12/h7,11H,4-6,8-10,15H2,1-3H3,(H,16,17). The Kier molecular flexibility index (Phi) is 5.19. The largest absolute Gasteiger partial charge is 0.349 e. The number of nitrogens with one attached hydrogen (secondary N) is 1. The zero-order valence-corrected chi connectivity index (χ0v) is 11.4. The summed E-state index contributed by atoms with van der Waals surface area (Å²) in [5.74, 6) is 0.455. The predicted molar refractivity (Wildman–Crippen MR) is 71.6 cm³/mol. The van der Waals surface area contributed by atoms with Crippen LogP contribution in [-0.4, -0.2) is 18.0 Å². The van der Waals surface area contributed by atoms with E-state index < -0.39 is 0 Å². The van der Waals surface area contributed by atoms with Gasteiger partial charge in [0, 0.05) is 13.0 Å². The SMILES string of the molecule is CC(C)C(C)(CN)NC(=O)CC1=CCCCC1. The Balaban J connectivity index is 2.50.